The molecule has 1 unspecified atom stereocenters. The Kier molecular flexibility index (Phi) is 3.21. The highest BCUT2D eigenvalue weighted by molar-refractivity contribution is 8.00. The Hall–Kier alpha value is -1.52. The molecule has 3 rings (SSSR count). The molecule has 0 saturated carbocycles. The number of fused-ring (bicyclic) bond motifs is 1. The highest BCUT2D eigenvalue weighted by atomic mass is 32.2. The molecule has 2 aromatic rings. The van der Waals surface area contributed by atoms with Gasteiger partial charge in [-0.1, -0.05) is 42.1 Å². The average Bonchev–Trinajstić information content (AvgIpc) is 2.47. The van der Waals surface area contributed by atoms with Crippen LogP contribution < -0.4 is 11.1 Å². The lowest BCUT2D eigenvalue weighted by atomic mass is 10.0. The van der Waals surface area contributed by atoms with Gasteiger partial charge >= 0.3 is 0 Å². The Morgan fingerprint density at radius 1 is 1.22 bits per heavy atom. The van der Waals surface area contributed by atoms with Crippen LogP contribution in [0.4, 0.5) is 5.69 Å². The summed E-state index contributed by atoms with van der Waals surface area (Å²) in [7, 11) is 0. The summed E-state index contributed by atoms with van der Waals surface area (Å²) in [5.41, 5.74) is 8.63. The van der Waals surface area contributed by atoms with Crippen LogP contribution in [-0.4, -0.2) is 16.8 Å². The normalized spacial score (nSPS) is 19.7. The van der Waals surface area contributed by atoms with Gasteiger partial charge in [0, 0.05) is 24.0 Å². The molecule has 2 atom stereocenters. The van der Waals surface area contributed by atoms with Crippen LogP contribution in [0.3, 0.4) is 0 Å². The molecule has 0 bridgehead atoms. The summed E-state index contributed by atoms with van der Waals surface area (Å²) in [6.07, 6.45) is 1.82. The third-order valence-electron chi connectivity index (χ3n) is 3.11. The van der Waals surface area contributed by atoms with Crippen molar-refractivity contribution in [2.75, 3.05) is 11.9 Å². The van der Waals surface area contributed by atoms with Crippen molar-refractivity contribution in [3.63, 3.8) is 0 Å². The van der Waals surface area contributed by atoms with Crippen LogP contribution >= 0.6 is 11.8 Å². The number of thioether (sulfide) groups is 1. The second kappa shape index (κ2) is 5.00. The molecule has 2 heterocycles. The van der Waals surface area contributed by atoms with Crippen molar-refractivity contribution in [3.05, 3.63) is 54.2 Å². The molecule has 92 valence electrons. The molecule has 0 amide bonds. The van der Waals surface area contributed by atoms with Gasteiger partial charge in [-0.25, -0.2) is 4.98 Å². The first kappa shape index (κ1) is 11.6. The van der Waals surface area contributed by atoms with Crippen molar-refractivity contribution < 1.29 is 0 Å². The summed E-state index contributed by atoms with van der Waals surface area (Å²) in [5.74, 6) is 0. The predicted octanol–water partition coefficient (Wildman–Crippen LogP) is 2.67. The van der Waals surface area contributed by atoms with Crippen LogP contribution in [-0.2, 0) is 0 Å². The van der Waals surface area contributed by atoms with Crippen LogP contribution in [0.1, 0.15) is 11.6 Å². The maximum Gasteiger partial charge on any atom is 0.120 e. The molecule has 0 aliphatic carbocycles. The van der Waals surface area contributed by atoms with Gasteiger partial charge in [-0.15, -0.1) is 0 Å². The zero-order chi connectivity index (χ0) is 12.4. The summed E-state index contributed by atoms with van der Waals surface area (Å²) < 4.78 is 0. The minimum absolute atomic E-state index is 0.0267. The molecule has 1 aliphatic heterocycles. The first-order valence-corrected chi connectivity index (χ1v) is 6.88. The number of rotatable bonds is 2. The number of aromatic nitrogens is 1. The third-order valence-corrected chi connectivity index (χ3v) is 4.42. The van der Waals surface area contributed by atoms with E-state index in [-0.39, 0.29) is 6.04 Å². The maximum absolute atomic E-state index is 6.34. The molecule has 0 saturated heterocycles. The van der Waals surface area contributed by atoms with E-state index in [4.69, 9.17) is 5.73 Å². The van der Waals surface area contributed by atoms with E-state index in [0.717, 1.165) is 17.3 Å². The summed E-state index contributed by atoms with van der Waals surface area (Å²) in [5, 5.41) is 4.76. The van der Waals surface area contributed by atoms with Crippen molar-refractivity contribution in [1.29, 1.82) is 0 Å². The Bertz CT molecular complexity index is 530. The Balaban J connectivity index is 1.80. The summed E-state index contributed by atoms with van der Waals surface area (Å²) in [6.45, 7) is 0.874. The fourth-order valence-corrected chi connectivity index (χ4v) is 3.25. The van der Waals surface area contributed by atoms with Gasteiger partial charge in [-0.2, -0.15) is 0 Å². The van der Waals surface area contributed by atoms with E-state index >= 15 is 0 Å². The molecule has 4 heteroatoms. The Labute approximate surface area is 111 Å². The lowest BCUT2D eigenvalue weighted by molar-refractivity contribution is 0.684. The molecule has 18 heavy (non-hydrogen) atoms. The van der Waals surface area contributed by atoms with Crippen molar-refractivity contribution >= 4 is 17.4 Å². The van der Waals surface area contributed by atoms with E-state index in [1.165, 1.54) is 5.56 Å². The first-order chi connectivity index (χ1) is 8.84. The molecule has 1 aromatic carbocycles. The maximum atomic E-state index is 6.34. The lowest BCUT2D eigenvalue weighted by Crippen LogP contribution is -2.32. The van der Waals surface area contributed by atoms with Crippen molar-refractivity contribution in [2.45, 2.75) is 16.3 Å². The molecule has 1 aliphatic rings. The SMILES string of the molecule is N[C@H](c1ccccc1)C1CNc2cccnc2S1. The molecular formula is C14H15N3S. The van der Waals surface area contributed by atoms with Crippen LogP contribution in [0.25, 0.3) is 0 Å². The van der Waals surface area contributed by atoms with E-state index in [2.05, 4.69) is 28.5 Å². The van der Waals surface area contributed by atoms with Gasteiger partial charge < -0.3 is 11.1 Å². The summed E-state index contributed by atoms with van der Waals surface area (Å²) in [4.78, 5) is 4.39. The summed E-state index contributed by atoms with van der Waals surface area (Å²) in [6, 6.07) is 14.3. The second-order valence-electron chi connectivity index (χ2n) is 4.33. The van der Waals surface area contributed by atoms with Crippen molar-refractivity contribution in [1.82, 2.24) is 4.98 Å². The fourth-order valence-electron chi connectivity index (χ4n) is 2.11. The minimum Gasteiger partial charge on any atom is -0.382 e. The number of benzene rings is 1. The zero-order valence-corrected chi connectivity index (χ0v) is 10.7. The van der Waals surface area contributed by atoms with Gasteiger partial charge in [0.1, 0.15) is 5.03 Å². The second-order valence-corrected chi connectivity index (χ2v) is 5.56. The molecule has 0 fully saturated rings. The van der Waals surface area contributed by atoms with Crippen LogP contribution in [0.5, 0.6) is 0 Å². The van der Waals surface area contributed by atoms with Crippen LogP contribution in [0, 0.1) is 0 Å². The minimum atomic E-state index is 0.0267. The van der Waals surface area contributed by atoms with Crippen molar-refractivity contribution in [3.8, 4) is 0 Å². The zero-order valence-electron chi connectivity index (χ0n) is 9.91. The largest absolute Gasteiger partial charge is 0.382 e. The van der Waals surface area contributed by atoms with Crippen LogP contribution in [0.15, 0.2) is 53.7 Å². The van der Waals surface area contributed by atoms with Gasteiger partial charge in [-0.3, -0.25) is 0 Å². The number of hydrogen-bond donors (Lipinski definition) is 2. The number of anilines is 1. The van der Waals surface area contributed by atoms with E-state index in [1.54, 1.807) is 11.8 Å². The standard InChI is InChI=1S/C14H15N3S/c15-13(10-5-2-1-3-6-10)12-9-17-11-7-4-8-16-14(11)18-12/h1-8,12-13,17H,9,15H2/t12?,13-/m1/s1. The lowest BCUT2D eigenvalue weighted by Gasteiger charge is -2.29. The number of nitrogens with one attached hydrogen (secondary N) is 1. The van der Waals surface area contributed by atoms with E-state index < -0.39 is 0 Å². The summed E-state index contributed by atoms with van der Waals surface area (Å²) >= 11 is 1.76. The number of hydrogen-bond acceptors (Lipinski definition) is 4. The average molecular weight is 257 g/mol. The topological polar surface area (TPSA) is 50.9 Å². The quantitative estimate of drug-likeness (QED) is 0.868. The first-order valence-electron chi connectivity index (χ1n) is 6.00. The molecular weight excluding hydrogens is 242 g/mol. The van der Waals surface area contributed by atoms with E-state index in [0.29, 0.717) is 5.25 Å². The Morgan fingerprint density at radius 2 is 2.06 bits per heavy atom. The molecule has 0 spiro atoms. The van der Waals surface area contributed by atoms with Gasteiger partial charge in [0.15, 0.2) is 0 Å². The molecule has 0 radical (unpaired) electrons. The fraction of sp³-hybridized carbons (Fsp3) is 0.214. The van der Waals surface area contributed by atoms with Gasteiger partial charge in [-0.05, 0) is 17.7 Å². The highest BCUT2D eigenvalue weighted by Gasteiger charge is 2.25. The van der Waals surface area contributed by atoms with E-state index in [9.17, 15) is 0 Å². The van der Waals surface area contributed by atoms with Crippen molar-refractivity contribution in [2.24, 2.45) is 5.73 Å². The predicted molar refractivity (Wildman–Crippen MR) is 75.7 cm³/mol. The Morgan fingerprint density at radius 3 is 2.89 bits per heavy atom. The van der Waals surface area contributed by atoms with E-state index in [1.807, 2.05) is 30.5 Å². The van der Waals surface area contributed by atoms with Gasteiger partial charge in [0.25, 0.3) is 0 Å². The number of nitrogens with two attached hydrogens (primary N) is 1. The molecule has 3 N–H and O–H groups in total. The van der Waals surface area contributed by atoms with Gasteiger partial charge in [0.2, 0.25) is 0 Å². The smallest absolute Gasteiger partial charge is 0.120 e. The van der Waals surface area contributed by atoms with Gasteiger partial charge in [0.05, 0.1) is 5.69 Å². The highest BCUT2D eigenvalue weighted by Crippen LogP contribution is 2.37. The van der Waals surface area contributed by atoms with Crippen LogP contribution in [0.2, 0.25) is 0 Å². The third kappa shape index (κ3) is 2.21. The molecule has 1 aromatic heterocycles. The number of pyridine rings is 1. The number of nitrogens with zero attached hydrogens (tertiary/aromatic N) is 1. The monoisotopic (exact) mass is 257 g/mol. The molecule has 3 nitrogen and oxygen atoms in total.